The van der Waals surface area contributed by atoms with E-state index in [9.17, 15) is 0 Å². The fourth-order valence-corrected chi connectivity index (χ4v) is 2.11. The highest BCUT2D eigenvalue weighted by Crippen LogP contribution is 2.19. The van der Waals surface area contributed by atoms with E-state index in [1.165, 1.54) is 32.1 Å². The van der Waals surface area contributed by atoms with Crippen molar-refractivity contribution < 1.29 is 4.42 Å². The van der Waals surface area contributed by atoms with Gasteiger partial charge in [-0.05, 0) is 24.6 Å². The third-order valence-electron chi connectivity index (χ3n) is 3.10. The molecule has 18 heavy (non-hydrogen) atoms. The highest BCUT2D eigenvalue weighted by molar-refractivity contribution is 5.77. The third kappa shape index (κ3) is 3.49. The van der Waals surface area contributed by atoms with Gasteiger partial charge in [-0.2, -0.15) is 0 Å². The zero-order valence-electron chi connectivity index (χ0n) is 11.3. The van der Waals surface area contributed by atoms with Gasteiger partial charge in [0.05, 0.1) is 0 Å². The van der Waals surface area contributed by atoms with Crippen LogP contribution in [0.3, 0.4) is 0 Å². The van der Waals surface area contributed by atoms with E-state index in [0.717, 1.165) is 29.2 Å². The van der Waals surface area contributed by atoms with Crippen LogP contribution in [-0.4, -0.2) is 11.5 Å². The minimum Gasteiger partial charge on any atom is -0.441 e. The van der Waals surface area contributed by atoms with Gasteiger partial charge in [-0.3, -0.25) is 0 Å². The van der Waals surface area contributed by atoms with Crippen LogP contribution in [0.2, 0.25) is 0 Å². The molecule has 0 fully saturated rings. The topological polar surface area (TPSA) is 38.1 Å². The Bertz CT molecular complexity index is 490. The molecule has 0 aliphatic rings. The Labute approximate surface area is 109 Å². The maximum Gasteiger partial charge on any atom is 0.192 e. The molecular weight excluding hydrogens is 224 g/mol. The lowest BCUT2D eigenvalue weighted by molar-refractivity contribution is 0.561. The standard InChI is InChI=1S/C15H22N2O/c1-3-4-5-6-7-10-16-13-8-9-15-14(11-13)17-12(2)18-15/h8-9,11,16H,3-7,10H2,1-2H3. The Balaban J connectivity index is 1.80. The lowest BCUT2D eigenvalue weighted by Gasteiger charge is -2.05. The maximum absolute atomic E-state index is 5.45. The lowest BCUT2D eigenvalue weighted by Crippen LogP contribution is -2.01. The van der Waals surface area contributed by atoms with Crippen LogP contribution in [0, 0.1) is 6.92 Å². The van der Waals surface area contributed by atoms with Crippen LogP contribution >= 0.6 is 0 Å². The van der Waals surface area contributed by atoms with Crippen LogP contribution in [0.4, 0.5) is 5.69 Å². The fraction of sp³-hybridized carbons (Fsp3) is 0.533. The molecule has 3 heteroatoms. The van der Waals surface area contributed by atoms with E-state index < -0.39 is 0 Å². The zero-order valence-corrected chi connectivity index (χ0v) is 11.3. The molecule has 1 aromatic carbocycles. The number of hydrogen-bond acceptors (Lipinski definition) is 3. The molecule has 0 atom stereocenters. The number of nitrogens with zero attached hydrogens (tertiary/aromatic N) is 1. The summed E-state index contributed by atoms with van der Waals surface area (Å²) in [5, 5.41) is 3.44. The van der Waals surface area contributed by atoms with Gasteiger partial charge in [0.1, 0.15) is 5.52 Å². The van der Waals surface area contributed by atoms with E-state index in [-0.39, 0.29) is 0 Å². The molecule has 0 radical (unpaired) electrons. The van der Waals surface area contributed by atoms with E-state index in [4.69, 9.17) is 4.42 Å². The number of nitrogens with one attached hydrogen (secondary N) is 1. The Morgan fingerprint density at radius 2 is 2.00 bits per heavy atom. The second-order valence-corrected chi connectivity index (χ2v) is 4.76. The molecule has 1 N–H and O–H groups in total. The van der Waals surface area contributed by atoms with Gasteiger partial charge >= 0.3 is 0 Å². The van der Waals surface area contributed by atoms with Crippen LogP contribution in [0.1, 0.15) is 44.9 Å². The van der Waals surface area contributed by atoms with Crippen molar-refractivity contribution in [3.63, 3.8) is 0 Å². The predicted octanol–water partition coefficient (Wildman–Crippen LogP) is 4.52. The van der Waals surface area contributed by atoms with Crippen molar-refractivity contribution in [3.8, 4) is 0 Å². The van der Waals surface area contributed by atoms with Crippen LogP contribution in [0.5, 0.6) is 0 Å². The number of unbranched alkanes of at least 4 members (excludes halogenated alkanes) is 4. The predicted molar refractivity (Wildman–Crippen MR) is 76.0 cm³/mol. The molecule has 2 rings (SSSR count). The number of anilines is 1. The summed E-state index contributed by atoms with van der Waals surface area (Å²) in [6.07, 6.45) is 6.54. The summed E-state index contributed by atoms with van der Waals surface area (Å²) in [6, 6.07) is 6.09. The summed E-state index contributed by atoms with van der Waals surface area (Å²) in [4.78, 5) is 4.34. The molecular formula is C15H22N2O. The van der Waals surface area contributed by atoms with Gasteiger partial charge in [0, 0.05) is 19.2 Å². The zero-order chi connectivity index (χ0) is 12.8. The molecule has 0 saturated heterocycles. The Kier molecular flexibility index (Phi) is 4.62. The first-order valence-electron chi connectivity index (χ1n) is 6.90. The van der Waals surface area contributed by atoms with Crippen molar-refractivity contribution in [1.29, 1.82) is 0 Å². The quantitative estimate of drug-likeness (QED) is 0.730. The first kappa shape index (κ1) is 12.9. The molecule has 0 unspecified atom stereocenters. The van der Waals surface area contributed by atoms with Crippen LogP contribution in [0.25, 0.3) is 11.1 Å². The molecule has 0 saturated carbocycles. The molecule has 1 aromatic heterocycles. The highest BCUT2D eigenvalue weighted by atomic mass is 16.3. The number of aromatic nitrogens is 1. The number of hydrogen-bond donors (Lipinski definition) is 1. The Morgan fingerprint density at radius 3 is 2.83 bits per heavy atom. The number of oxazole rings is 1. The summed E-state index contributed by atoms with van der Waals surface area (Å²) in [7, 11) is 0. The van der Waals surface area contributed by atoms with Crippen LogP contribution in [0.15, 0.2) is 22.6 Å². The van der Waals surface area contributed by atoms with Gasteiger partial charge in [0.25, 0.3) is 0 Å². The highest BCUT2D eigenvalue weighted by Gasteiger charge is 2.02. The van der Waals surface area contributed by atoms with Gasteiger partial charge in [-0.1, -0.05) is 32.6 Å². The van der Waals surface area contributed by atoms with Crippen molar-refractivity contribution in [2.75, 3.05) is 11.9 Å². The molecule has 0 aliphatic heterocycles. The van der Waals surface area contributed by atoms with Gasteiger partial charge < -0.3 is 9.73 Å². The van der Waals surface area contributed by atoms with Gasteiger partial charge in [0.2, 0.25) is 0 Å². The molecule has 0 spiro atoms. The Morgan fingerprint density at radius 1 is 1.17 bits per heavy atom. The first-order valence-corrected chi connectivity index (χ1v) is 6.90. The van der Waals surface area contributed by atoms with E-state index in [1.54, 1.807) is 0 Å². The van der Waals surface area contributed by atoms with Crippen molar-refractivity contribution in [3.05, 3.63) is 24.1 Å². The van der Waals surface area contributed by atoms with E-state index in [0.29, 0.717) is 0 Å². The third-order valence-corrected chi connectivity index (χ3v) is 3.10. The summed E-state index contributed by atoms with van der Waals surface area (Å²) >= 11 is 0. The molecule has 0 bridgehead atoms. The summed E-state index contributed by atoms with van der Waals surface area (Å²) < 4.78 is 5.45. The van der Waals surface area contributed by atoms with Gasteiger partial charge in [-0.15, -0.1) is 0 Å². The number of benzene rings is 1. The summed E-state index contributed by atoms with van der Waals surface area (Å²) in [6.45, 7) is 5.15. The second kappa shape index (κ2) is 6.43. The first-order chi connectivity index (χ1) is 8.79. The van der Waals surface area contributed by atoms with Crippen LogP contribution < -0.4 is 5.32 Å². The summed E-state index contributed by atoms with van der Waals surface area (Å²) in [5.41, 5.74) is 2.93. The van der Waals surface area contributed by atoms with Crippen LogP contribution in [-0.2, 0) is 0 Å². The molecule has 98 valence electrons. The van der Waals surface area contributed by atoms with Crippen molar-refractivity contribution in [2.45, 2.75) is 46.0 Å². The average molecular weight is 246 g/mol. The number of fused-ring (bicyclic) bond motifs is 1. The molecule has 1 heterocycles. The number of rotatable bonds is 7. The fourth-order valence-electron chi connectivity index (χ4n) is 2.11. The smallest absolute Gasteiger partial charge is 0.192 e. The van der Waals surface area contributed by atoms with Gasteiger partial charge in [0.15, 0.2) is 11.5 Å². The minimum atomic E-state index is 0.724. The largest absolute Gasteiger partial charge is 0.441 e. The average Bonchev–Trinajstić information content (AvgIpc) is 2.73. The molecule has 0 amide bonds. The normalized spacial score (nSPS) is 11.0. The van der Waals surface area contributed by atoms with Gasteiger partial charge in [-0.25, -0.2) is 4.98 Å². The monoisotopic (exact) mass is 246 g/mol. The maximum atomic E-state index is 5.45. The minimum absolute atomic E-state index is 0.724. The van der Waals surface area contributed by atoms with E-state index in [2.05, 4.69) is 29.4 Å². The second-order valence-electron chi connectivity index (χ2n) is 4.76. The summed E-state index contributed by atoms with van der Waals surface area (Å²) in [5.74, 6) is 0.724. The van der Waals surface area contributed by atoms with Crippen molar-refractivity contribution >= 4 is 16.8 Å². The molecule has 0 aliphatic carbocycles. The van der Waals surface area contributed by atoms with E-state index >= 15 is 0 Å². The molecule has 2 aromatic rings. The lowest BCUT2D eigenvalue weighted by atomic mass is 10.1. The van der Waals surface area contributed by atoms with Crippen molar-refractivity contribution in [2.24, 2.45) is 0 Å². The Hall–Kier alpha value is -1.51. The number of aryl methyl sites for hydroxylation is 1. The van der Waals surface area contributed by atoms with Crippen molar-refractivity contribution in [1.82, 2.24) is 4.98 Å². The van der Waals surface area contributed by atoms with E-state index in [1.807, 2.05) is 13.0 Å². The molecule has 3 nitrogen and oxygen atoms in total. The SMILES string of the molecule is CCCCCCCNc1ccc2oc(C)nc2c1.